The van der Waals surface area contributed by atoms with Gasteiger partial charge in [-0.3, -0.25) is 14.9 Å². The van der Waals surface area contributed by atoms with Crippen LogP contribution >= 0.6 is 11.6 Å². The second-order valence-corrected chi connectivity index (χ2v) is 11.6. The summed E-state index contributed by atoms with van der Waals surface area (Å²) in [5.74, 6) is -0.456. The van der Waals surface area contributed by atoms with Gasteiger partial charge in [-0.25, -0.2) is 0 Å². The summed E-state index contributed by atoms with van der Waals surface area (Å²) in [4.78, 5) is 29.5. The smallest absolute Gasteiger partial charge is 0.268 e. The van der Waals surface area contributed by atoms with Crippen LogP contribution in [0.15, 0.2) is 18.2 Å². The van der Waals surface area contributed by atoms with Crippen molar-refractivity contribution in [3.8, 4) is 11.8 Å². The van der Waals surface area contributed by atoms with Gasteiger partial charge >= 0.3 is 0 Å². The van der Waals surface area contributed by atoms with Gasteiger partial charge < -0.3 is 25.5 Å². The van der Waals surface area contributed by atoms with Gasteiger partial charge in [-0.2, -0.15) is 5.26 Å². The van der Waals surface area contributed by atoms with Crippen molar-refractivity contribution in [3.05, 3.63) is 28.9 Å². The fourth-order valence-corrected chi connectivity index (χ4v) is 5.30. The van der Waals surface area contributed by atoms with Crippen LogP contribution in [0.5, 0.6) is 5.75 Å². The SMILES string of the molecule is COc1cc(Cl)cc2[nH]c(C(=O)NC(CC3(C)CC3)C(=O)NC(C#N)CC3CC(C)(C)NC3O)cc12. The lowest BCUT2D eigenvalue weighted by molar-refractivity contribution is -0.124. The Labute approximate surface area is 215 Å². The van der Waals surface area contributed by atoms with E-state index in [4.69, 9.17) is 16.3 Å². The summed E-state index contributed by atoms with van der Waals surface area (Å²) in [5.41, 5.74) is 0.668. The van der Waals surface area contributed by atoms with Crippen LogP contribution in [0, 0.1) is 22.7 Å². The molecule has 1 saturated heterocycles. The van der Waals surface area contributed by atoms with Crippen LogP contribution in [0.1, 0.15) is 63.4 Å². The molecule has 2 fully saturated rings. The molecule has 0 bridgehead atoms. The molecular formula is C26H34ClN5O4. The number of carbonyl (C=O) groups is 2. The first-order valence-electron chi connectivity index (χ1n) is 12.2. The van der Waals surface area contributed by atoms with Gasteiger partial charge in [0.1, 0.15) is 29.8 Å². The minimum Gasteiger partial charge on any atom is -0.496 e. The highest BCUT2D eigenvalue weighted by Crippen LogP contribution is 2.49. The summed E-state index contributed by atoms with van der Waals surface area (Å²) < 4.78 is 5.37. The number of methoxy groups -OCH3 is 1. The number of hydrogen-bond acceptors (Lipinski definition) is 6. The van der Waals surface area contributed by atoms with Gasteiger partial charge in [0.05, 0.1) is 18.7 Å². The monoisotopic (exact) mass is 515 g/mol. The molecule has 2 amide bonds. The first-order chi connectivity index (χ1) is 16.9. The van der Waals surface area contributed by atoms with Crippen molar-refractivity contribution < 1.29 is 19.4 Å². The van der Waals surface area contributed by atoms with E-state index in [1.54, 1.807) is 18.2 Å². The van der Waals surface area contributed by atoms with Crippen LogP contribution in [-0.2, 0) is 4.79 Å². The normalized spacial score (nSPS) is 23.5. The Kier molecular flexibility index (Phi) is 7.24. The van der Waals surface area contributed by atoms with Crippen LogP contribution in [0.25, 0.3) is 10.9 Å². The first-order valence-corrected chi connectivity index (χ1v) is 12.6. The summed E-state index contributed by atoms with van der Waals surface area (Å²) in [6.45, 7) is 6.07. The zero-order valence-corrected chi connectivity index (χ0v) is 21.8. The molecule has 9 nitrogen and oxygen atoms in total. The molecule has 1 saturated carbocycles. The Morgan fingerprint density at radius 2 is 2.00 bits per heavy atom. The number of H-pyrrole nitrogens is 1. The van der Waals surface area contributed by atoms with E-state index in [0.717, 1.165) is 12.8 Å². The van der Waals surface area contributed by atoms with Crippen molar-refractivity contribution in [2.24, 2.45) is 11.3 Å². The highest BCUT2D eigenvalue weighted by atomic mass is 35.5. The van der Waals surface area contributed by atoms with Crippen molar-refractivity contribution in [2.75, 3.05) is 7.11 Å². The van der Waals surface area contributed by atoms with Crippen molar-refractivity contribution in [3.63, 3.8) is 0 Å². The number of hydrogen-bond donors (Lipinski definition) is 5. The molecule has 2 aromatic rings. The molecule has 1 aliphatic heterocycles. The van der Waals surface area contributed by atoms with Crippen molar-refractivity contribution in [1.29, 1.82) is 5.26 Å². The lowest BCUT2D eigenvalue weighted by Gasteiger charge is -2.24. The summed E-state index contributed by atoms with van der Waals surface area (Å²) in [5, 5.41) is 30.0. The van der Waals surface area contributed by atoms with E-state index in [1.165, 1.54) is 7.11 Å². The Morgan fingerprint density at radius 1 is 1.28 bits per heavy atom. The zero-order valence-electron chi connectivity index (χ0n) is 21.1. The number of aliphatic hydroxyl groups excluding tert-OH is 1. The van der Waals surface area contributed by atoms with Crippen molar-refractivity contribution >= 4 is 34.3 Å². The van der Waals surface area contributed by atoms with Crippen LogP contribution in [0.2, 0.25) is 5.02 Å². The highest BCUT2D eigenvalue weighted by molar-refractivity contribution is 6.31. The summed E-state index contributed by atoms with van der Waals surface area (Å²) in [6.07, 6.45) is 2.70. The van der Waals surface area contributed by atoms with Gasteiger partial charge in [-0.15, -0.1) is 0 Å². The summed E-state index contributed by atoms with van der Waals surface area (Å²) >= 11 is 6.15. The molecule has 1 aromatic heterocycles. The van der Waals surface area contributed by atoms with E-state index in [9.17, 15) is 20.0 Å². The molecule has 10 heteroatoms. The van der Waals surface area contributed by atoms with Gasteiger partial charge in [0.2, 0.25) is 5.91 Å². The van der Waals surface area contributed by atoms with E-state index >= 15 is 0 Å². The minimum absolute atomic E-state index is 0.0236. The number of nitriles is 1. The topological polar surface area (TPSA) is 139 Å². The highest BCUT2D eigenvalue weighted by Gasteiger charge is 2.43. The van der Waals surface area contributed by atoms with Crippen LogP contribution in [0.4, 0.5) is 0 Å². The molecule has 1 aliphatic carbocycles. The van der Waals surface area contributed by atoms with E-state index in [-0.39, 0.29) is 22.6 Å². The van der Waals surface area contributed by atoms with E-state index < -0.39 is 30.1 Å². The quantitative estimate of drug-likeness (QED) is 0.347. The van der Waals surface area contributed by atoms with Crippen LogP contribution in [-0.4, -0.2) is 52.9 Å². The predicted molar refractivity (Wildman–Crippen MR) is 137 cm³/mol. The third-order valence-corrected chi connectivity index (χ3v) is 7.54. The number of nitrogens with one attached hydrogen (secondary N) is 4. The average molecular weight is 516 g/mol. The van der Waals surface area contributed by atoms with E-state index in [0.29, 0.717) is 40.9 Å². The fourth-order valence-electron chi connectivity index (χ4n) is 5.09. The van der Waals surface area contributed by atoms with Crippen molar-refractivity contribution in [1.82, 2.24) is 20.9 Å². The number of carbonyl (C=O) groups excluding carboxylic acids is 2. The number of halogens is 1. The number of aliphatic hydroxyl groups is 1. The largest absolute Gasteiger partial charge is 0.496 e. The van der Waals surface area contributed by atoms with Gasteiger partial charge in [0.15, 0.2) is 0 Å². The molecule has 194 valence electrons. The molecule has 0 radical (unpaired) electrons. The standard InChI is InChI=1S/C26H34ClN5O4/c1-25(2)11-14(22(33)32-25)7-16(13-28)29-24(35)20(12-26(3)5-6-26)31-23(34)19-10-17-18(30-19)8-15(27)9-21(17)36-4/h8-10,14,16,20,22,30,32-33H,5-7,11-12H2,1-4H3,(H,29,35)(H,31,34). The van der Waals surface area contributed by atoms with Crippen LogP contribution in [0.3, 0.4) is 0 Å². The number of nitrogens with zero attached hydrogens (tertiary/aromatic N) is 1. The third kappa shape index (κ3) is 5.94. The zero-order chi connectivity index (χ0) is 26.3. The van der Waals surface area contributed by atoms with Gasteiger partial charge in [-0.05, 0) is 69.6 Å². The summed E-state index contributed by atoms with van der Waals surface area (Å²) in [7, 11) is 1.53. The molecule has 2 heterocycles. The number of fused-ring (bicyclic) bond motifs is 1. The Hall–Kier alpha value is -2.80. The number of ether oxygens (including phenoxy) is 1. The Balaban J connectivity index is 1.48. The molecular weight excluding hydrogens is 482 g/mol. The molecule has 1 aromatic carbocycles. The van der Waals surface area contributed by atoms with E-state index in [1.807, 2.05) is 13.8 Å². The maximum Gasteiger partial charge on any atom is 0.268 e. The molecule has 36 heavy (non-hydrogen) atoms. The lowest BCUT2D eigenvalue weighted by atomic mass is 9.91. The number of aromatic amines is 1. The van der Waals surface area contributed by atoms with Gasteiger partial charge in [0, 0.05) is 21.9 Å². The molecule has 4 rings (SSSR count). The molecule has 0 spiro atoms. The fraction of sp³-hybridized carbons (Fsp3) is 0.577. The van der Waals surface area contributed by atoms with Crippen molar-refractivity contribution in [2.45, 2.75) is 76.7 Å². The van der Waals surface area contributed by atoms with Gasteiger partial charge in [-0.1, -0.05) is 18.5 Å². The third-order valence-electron chi connectivity index (χ3n) is 7.32. The Bertz CT molecular complexity index is 1200. The molecule has 2 aliphatic rings. The molecule has 4 atom stereocenters. The lowest BCUT2D eigenvalue weighted by Crippen LogP contribution is -2.50. The molecule has 5 N–H and O–H groups in total. The number of rotatable bonds is 9. The number of amides is 2. The molecule has 4 unspecified atom stereocenters. The van der Waals surface area contributed by atoms with Gasteiger partial charge in [0.25, 0.3) is 5.91 Å². The summed E-state index contributed by atoms with van der Waals surface area (Å²) in [6, 6.07) is 5.61. The number of benzene rings is 1. The maximum atomic E-state index is 13.3. The minimum atomic E-state index is -0.805. The maximum absolute atomic E-state index is 13.3. The Morgan fingerprint density at radius 3 is 2.58 bits per heavy atom. The first kappa shape index (κ1) is 26.3. The van der Waals surface area contributed by atoms with E-state index in [2.05, 4.69) is 33.9 Å². The predicted octanol–water partition coefficient (Wildman–Crippen LogP) is 3.22. The van der Waals surface area contributed by atoms with Crippen LogP contribution < -0.4 is 20.7 Å². The number of aromatic nitrogens is 1. The average Bonchev–Trinajstić information content (AvgIpc) is 3.26. The second-order valence-electron chi connectivity index (χ2n) is 11.2. The second kappa shape index (κ2) is 9.92.